The maximum absolute atomic E-state index is 6.35. The third-order valence-corrected chi connectivity index (χ3v) is 3.85. The Hall–Kier alpha value is -0.770. The highest BCUT2D eigenvalue weighted by atomic mass is 35.5. The second kappa shape index (κ2) is 7.13. The predicted molar refractivity (Wildman–Crippen MR) is 81.1 cm³/mol. The number of benzene rings is 1. The lowest BCUT2D eigenvalue weighted by molar-refractivity contribution is 0.196. The van der Waals surface area contributed by atoms with Crippen molar-refractivity contribution in [1.29, 1.82) is 0 Å². The van der Waals surface area contributed by atoms with Crippen LogP contribution in [0.2, 0.25) is 5.02 Å². The van der Waals surface area contributed by atoms with E-state index in [4.69, 9.17) is 16.3 Å². The summed E-state index contributed by atoms with van der Waals surface area (Å²) in [6.45, 7) is 2.62. The van der Waals surface area contributed by atoms with E-state index in [-0.39, 0.29) is 0 Å². The van der Waals surface area contributed by atoms with Gasteiger partial charge >= 0.3 is 0 Å². The van der Waals surface area contributed by atoms with E-state index in [0.717, 1.165) is 31.1 Å². The molecule has 0 spiro atoms. The van der Waals surface area contributed by atoms with Gasteiger partial charge in [-0.25, -0.2) is 0 Å². The molecule has 1 N–H and O–H groups in total. The molecular formula is C15H23ClN2O. The van der Waals surface area contributed by atoms with Gasteiger partial charge in [-0.3, -0.25) is 0 Å². The molecule has 0 atom stereocenters. The van der Waals surface area contributed by atoms with E-state index in [1.807, 2.05) is 12.1 Å². The van der Waals surface area contributed by atoms with E-state index in [2.05, 4.69) is 23.3 Å². The van der Waals surface area contributed by atoms with Crippen molar-refractivity contribution >= 4 is 17.3 Å². The zero-order chi connectivity index (χ0) is 13.7. The molecule has 0 saturated heterocycles. The molecule has 1 aliphatic rings. The van der Waals surface area contributed by atoms with Crippen molar-refractivity contribution in [2.45, 2.75) is 31.8 Å². The van der Waals surface area contributed by atoms with Crippen molar-refractivity contribution in [3.05, 3.63) is 28.8 Å². The Labute approximate surface area is 120 Å². The van der Waals surface area contributed by atoms with Gasteiger partial charge in [0.2, 0.25) is 0 Å². The second-order valence-corrected chi connectivity index (χ2v) is 5.57. The highest BCUT2D eigenvalue weighted by Gasteiger charge is 2.21. The molecule has 0 bridgehead atoms. The van der Waals surface area contributed by atoms with Crippen molar-refractivity contribution in [2.24, 2.45) is 0 Å². The van der Waals surface area contributed by atoms with Crippen LogP contribution in [-0.4, -0.2) is 33.4 Å². The Bertz CT molecular complexity index is 407. The van der Waals surface area contributed by atoms with Gasteiger partial charge in [-0.05, 0) is 31.4 Å². The van der Waals surface area contributed by atoms with Crippen LogP contribution in [0.15, 0.2) is 18.2 Å². The minimum absolute atomic E-state index is 0.697. The van der Waals surface area contributed by atoms with Crippen LogP contribution in [0.5, 0.6) is 0 Å². The van der Waals surface area contributed by atoms with Crippen LogP contribution in [0, 0.1) is 0 Å². The highest BCUT2D eigenvalue weighted by molar-refractivity contribution is 6.31. The van der Waals surface area contributed by atoms with E-state index >= 15 is 0 Å². The predicted octanol–water partition coefficient (Wildman–Crippen LogP) is 3.06. The maximum Gasteiger partial charge on any atom is 0.0479 e. The van der Waals surface area contributed by atoms with Gasteiger partial charge in [0.15, 0.2) is 0 Å². The summed E-state index contributed by atoms with van der Waals surface area (Å²) in [5.74, 6) is 0. The summed E-state index contributed by atoms with van der Waals surface area (Å²) in [6, 6.07) is 6.83. The lowest BCUT2D eigenvalue weighted by atomic mass is 10.1. The number of rotatable bonds is 8. The molecule has 0 heterocycles. The minimum atomic E-state index is 0.697. The molecule has 1 aliphatic carbocycles. The Kier molecular flexibility index (Phi) is 5.49. The summed E-state index contributed by atoms with van der Waals surface area (Å²) < 4.78 is 5.10. The van der Waals surface area contributed by atoms with Crippen LogP contribution in [0.1, 0.15) is 24.8 Å². The fourth-order valence-electron chi connectivity index (χ4n) is 2.18. The number of hydrogen-bond donors (Lipinski definition) is 1. The van der Waals surface area contributed by atoms with Crippen molar-refractivity contribution in [2.75, 3.05) is 32.2 Å². The van der Waals surface area contributed by atoms with Crippen LogP contribution in [0.25, 0.3) is 0 Å². The quantitative estimate of drug-likeness (QED) is 0.742. The first-order valence-electron chi connectivity index (χ1n) is 6.93. The first-order valence-corrected chi connectivity index (χ1v) is 7.31. The van der Waals surface area contributed by atoms with Gasteiger partial charge in [-0.1, -0.05) is 17.7 Å². The fourth-order valence-corrected chi connectivity index (χ4v) is 2.42. The molecular weight excluding hydrogens is 260 g/mol. The summed E-state index contributed by atoms with van der Waals surface area (Å²) in [7, 11) is 3.85. The Morgan fingerprint density at radius 2 is 2.21 bits per heavy atom. The lowest BCUT2D eigenvalue weighted by Crippen LogP contribution is -2.23. The highest BCUT2D eigenvalue weighted by Crippen LogP contribution is 2.28. The molecule has 0 unspecified atom stereocenters. The Balaban J connectivity index is 2.01. The molecule has 1 aromatic rings. The van der Waals surface area contributed by atoms with Gasteiger partial charge in [-0.2, -0.15) is 0 Å². The first kappa shape index (κ1) is 14.6. The van der Waals surface area contributed by atoms with Crippen LogP contribution >= 0.6 is 11.6 Å². The third-order valence-electron chi connectivity index (χ3n) is 3.49. The molecule has 1 fully saturated rings. The number of halogens is 1. The second-order valence-electron chi connectivity index (χ2n) is 5.16. The smallest absolute Gasteiger partial charge is 0.0479 e. The van der Waals surface area contributed by atoms with Gasteiger partial charge in [0, 0.05) is 56.2 Å². The molecule has 19 heavy (non-hydrogen) atoms. The average molecular weight is 283 g/mol. The Morgan fingerprint density at radius 3 is 2.89 bits per heavy atom. The molecule has 106 valence electrons. The third kappa shape index (κ3) is 4.37. The van der Waals surface area contributed by atoms with Crippen molar-refractivity contribution in [3.63, 3.8) is 0 Å². The summed E-state index contributed by atoms with van der Waals surface area (Å²) in [5.41, 5.74) is 2.42. The number of nitrogens with zero attached hydrogens (tertiary/aromatic N) is 1. The number of anilines is 1. The molecule has 4 heteroatoms. The van der Waals surface area contributed by atoms with E-state index in [1.165, 1.54) is 24.1 Å². The summed E-state index contributed by atoms with van der Waals surface area (Å²) in [6.07, 6.45) is 3.61. The SMILES string of the molecule is COCCCN(C)c1cccc(Cl)c1CNC1CC1. The van der Waals surface area contributed by atoms with Crippen LogP contribution in [0.4, 0.5) is 5.69 Å². The number of methoxy groups -OCH3 is 1. The van der Waals surface area contributed by atoms with Crippen LogP contribution in [0.3, 0.4) is 0 Å². The molecule has 1 saturated carbocycles. The van der Waals surface area contributed by atoms with E-state index in [9.17, 15) is 0 Å². The van der Waals surface area contributed by atoms with Gasteiger partial charge in [0.25, 0.3) is 0 Å². The topological polar surface area (TPSA) is 24.5 Å². The molecule has 0 radical (unpaired) electrons. The molecule has 0 aromatic heterocycles. The number of hydrogen-bond acceptors (Lipinski definition) is 3. The zero-order valence-electron chi connectivity index (χ0n) is 11.8. The molecule has 0 aliphatic heterocycles. The standard InChI is InChI=1S/C15H23ClN2O/c1-18(9-4-10-19-2)15-6-3-5-14(16)13(15)11-17-12-7-8-12/h3,5-6,12,17H,4,7-11H2,1-2H3. The number of ether oxygens (including phenoxy) is 1. The average Bonchev–Trinajstić information content (AvgIpc) is 3.21. The van der Waals surface area contributed by atoms with Crippen LogP contribution in [-0.2, 0) is 11.3 Å². The van der Waals surface area contributed by atoms with Gasteiger partial charge in [0.1, 0.15) is 0 Å². The van der Waals surface area contributed by atoms with Gasteiger partial charge in [-0.15, -0.1) is 0 Å². The Morgan fingerprint density at radius 1 is 1.42 bits per heavy atom. The largest absolute Gasteiger partial charge is 0.385 e. The molecule has 2 rings (SSSR count). The van der Waals surface area contributed by atoms with Crippen molar-refractivity contribution in [3.8, 4) is 0 Å². The molecule has 0 amide bonds. The minimum Gasteiger partial charge on any atom is -0.385 e. The number of nitrogens with one attached hydrogen (secondary N) is 1. The molecule has 3 nitrogen and oxygen atoms in total. The maximum atomic E-state index is 6.35. The van der Waals surface area contributed by atoms with E-state index in [1.54, 1.807) is 7.11 Å². The zero-order valence-corrected chi connectivity index (χ0v) is 12.5. The summed E-state index contributed by atoms with van der Waals surface area (Å²) >= 11 is 6.35. The van der Waals surface area contributed by atoms with E-state index in [0.29, 0.717) is 6.04 Å². The van der Waals surface area contributed by atoms with Gasteiger partial charge < -0.3 is 15.0 Å². The van der Waals surface area contributed by atoms with E-state index < -0.39 is 0 Å². The normalized spacial score (nSPS) is 14.7. The van der Waals surface area contributed by atoms with Crippen LogP contribution < -0.4 is 10.2 Å². The molecule has 1 aromatic carbocycles. The monoisotopic (exact) mass is 282 g/mol. The van der Waals surface area contributed by atoms with Gasteiger partial charge in [0.05, 0.1) is 0 Å². The van der Waals surface area contributed by atoms with Crippen molar-refractivity contribution < 1.29 is 4.74 Å². The van der Waals surface area contributed by atoms with Crippen molar-refractivity contribution in [1.82, 2.24) is 5.32 Å². The fraction of sp³-hybridized carbons (Fsp3) is 0.600. The lowest BCUT2D eigenvalue weighted by Gasteiger charge is -2.23. The summed E-state index contributed by atoms with van der Waals surface area (Å²) in [5, 5.41) is 4.39. The first-order chi connectivity index (χ1) is 9.22. The summed E-state index contributed by atoms with van der Waals surface area (Å²) in [4.78, 5) is 2.26.